The minimum atomic E-state index is -0.268. The normalized spacial score (nSPS) is 22.0. The molecule has 8 rings (SSSR count). The Kier molecular flexibility index (Phi) is 15.8. The first-order valence-electron chi connectivity index (χ1n) is 21.2. The van der Waals surface area contributed by atoms with E-state index in [1.165, 1.54) is 0 Å². The molecule has 332 valence electrons. The number of hydrogen-bond donors (Lipinski definition) is 0. The smallest absolute Gasteiger partial charge is 0.410 e. The standard InChI is InChI=1S/2C15H18N2O4.C13H22N2O4/c1-11-8-17(15(19)21-11)10-13-4-2-12(3-5-13)9-16-6-7-20-14(16)18;1-11-8-17(15(19)21-11)10-13-4-2-3-12(7-13)9-16-5-6-20-14(16)18;1-11-10-15(13(17)19-11)7-5-3-2-4-6-14-8-9-18-12(14)16/h2-5,11H,6-10H2,1H3;2-4,7,11H,5-6,8-10H2,1H3;11H,2-10H2,1H3. The van der Waals surface area contributed by atoms with Crippen LogP contribution in [0.4, 0.5) is 28.8 Å². The number of unbranched alkanes of at least 4 members (excludes halogenated alkanes) is 3. The highest BCUT2D eigenvalue weighted by Crippen LogP contribution is 2.19. The van der Waals surface area contributed by atoms with Crippen molar-refractivity contribution in [1.82, 2.24) is 29.4 Å². The second kappa shape index (κ2) is 21.5. The van der Waals surface area contributed by atoms with Crippen LogP contribution in [0.2, 0.25) is 0 Å². The largest absolute Gasteiger partial charge is 0.448 e. The molecule has 18 nitrogen and oxygen atoms in total. The molecule has 6 heterocycles. The number of rotatable bonds is 15. The number of hydrogen-bond acceptors (Lipinski definition) is 12. The Morgan fingerprint density at radius 1 is 0.426 bits per heavy atom. The summed E-state index contributed by atoms with van der Waals surface area (Å²) < 4.78 is 30.0. The van der Waals surface area contributed by atoms with E-state index in [1.54, 1.807) is 29.4 Å². The molecule has 2 aromatic carbocycles. The third-order valence-corrected chi connectivity index (χ3v) is 10.8. The SMILES string of the molecule is CC1CN(CCCCCCN2CCOC2=O)C(=O)O1.CC1CN(Cc2ccc(CN3CCOC3=O)cc2)C(=O)O1.CC1CN(Cc2cccc(CN3CCOC3=O)c2)C(=O)O1. The highest BCUT2D eigenvalue weighted by Gasteiger charge is 2.30. The predicted molar refractivity (Wildman–Crippen MR) is 218 cm³/mol. The summed E-state index contributed by atoms with van der Waals surface area (Å²) >= 11 is 0. The Bertz CT molecular complexity index is 1850. The van der Waals surface area contributed by atoms with Crippen LogP contribution in [0.5, 0.6) is 0 Å². The molecule has 6 amide bonds. The van der Waals surface area contributed by atoms with E-state index in [-0.39, 0.29) is 54.9 Å². The maximum Gasteiger partial charge on any atom is 0.410 e. The molecule has 0 aliphatic carbocycles. The van der Waals surface area contributed by atoms with Gasteiger partial charge in [-0.25, -0.2) is 28.8 Å². The predicted octanol–water partition coefficient (Wildman–Crippen LogP) is 5.80. The van der Waals surface area contributed by atoms with Crippen molar-refractivity contribution in [3.8, 4) is 0 Å². The van der Waals surface area contributed by atoms with Crippen LogP contribution < -0.4 is 0 Å². The Morgan fingerprint density at radius 2 is 0.787 bits per heavy atom. The van der Waals surface area contributed by atoms with Crippen molar-refractivity contribution >= 4 is 36.6 Å². The molecule has 61 heavy (non-hydrogen) atoms. The lowest BCUT2D eigenvalue weighted by atomic mass is 10.1. The van der Waals surface area contributed by atoms with Gasteiger partial charge in [-0.2, -0.15) is 0 Å². The van der Waals surface area contributed by atoms with E-state index in [0.29, 0.717) is 78.7 Å². The molecule has 6 aliphatic rings. The number of ether oxygens (including phenoxy) is 6. The average Bonchev–Trinajstić information content (AvgIpc) is 4.09. The molecule has 0 saturated carbocycles. The molecule has 0 aromatic heterocycles. The molecule has 2 aromatic rings. The fourth-order valence-electron chi connectivity index (χ4n) is 7.63. The number of carbonyl (C=O) groups excluding carboxylic acids is 6. The van der Waals surface area contributed by atoms with Crippen molar-refractivity contribution in [1.29, 1.82) is 0 Å². The zero-order valence-corrected chi connectivity index (χ0v) is 35.4. The van der Waals surface area contributed by atoms with Gasteiger partial charge in [0.15, 0.2) is 0 Å². The third-order valence-electron chi connectivity index (χ3n) is 10.8. The van der Waals surface area contributed by atoms with Crippen molar-refractivity contribution in [2.45, 2.75) is 90.9 Å². The van der Waals surface area contributed by atoms with Gasteiger partial charge in [-0.3, -0.25) is 0 Å². The van der Waals surface area contributed by atoms with E-state index in [9.17, 15) is 28.8 Å². The van der Waals surface area contributed by atoms with Crippen LogP contribution in [-0.2, 0) is 54.6 Å². The molecule has 0 spiro atoms. The van der Waals surface area contributed by atoms with Crippen LogP contribution in [-0.4, -0.2) is 156 Å². The zero-order valence-electron chi connectivity index (χ0n) is 35.4. The Balaban J connectivity index is 0.000000153. The number of benzene rings is 2. The second-order valence-electron chi connectivity index (χ2n) is 16.0. The molecule has 6 saturated heterocycles. The highest BCUT2D eigenvalue weighted by molar-refractivity contribution is 5.71. The van der Waals surface area contributed by atoms with Crippen molar-refractivity contribution in [3.05, 3.63) is 70.8 Å². The Hall–Kier alpha value is -5.94. The van der Waals surface area contributed by atoms with E-state index in [4.69, 9.17) is 28.4 Å². The van der Waals surface area contributed by atoms with Crippen molar-refractivity contribution < 1.29 is 57.2 Å². The molecule has 0 radical (unpaired) electrons. The minimum Gasteiger partial charge on any atom is -0.448 e. The monoisotopic (exact) mass is 850 g/mol. The molecule has 0 bridgehead atoms. The van der Waals surface area contributed by atoms with Crippen LogP contribution in [0.3, 0.4) is 0 Å². The van der Waals surface area contributed by atoms with Gasteiger partial charge in [-0.05, 0) is 55.9 Å². The van der Waals surface area contributed by atoms with Crippen LogP contribution in [0.1, 0.15) is 68.7 Å². The lowest BCUT2D eigenvalue weighted by molar-refractivity contribution is 0.136. The summed E-state index contributed by atoms with van der Waals surface area (Å²) in [6.07, 6.45) is 2.63. The summed E-state index contributed by atoms with van der Waals surface area (Å²) in [5.41, 5.74) is 4.17. The quantitative estimate of drug-likeness (QED) is 0.156. The molecule has 6 fully saturated rings. The van der Waals surface area contributed by atoms with Crippen molar-refractivity contribution in [2.75, 3.05) is 72.2 Å². The maximum absolute atomic E-state index is 11.6. The minimum absolute atomic E-state index is 0.0219. The molecule has 18 heteroatoms. The van der Waals surface area contributed by atoms with Gasteiger partial charge >= 0.3 is 36.6 Å². The van der Waals surface area contributed by atoms with Gasteiger partial charge in [0.05, 0.1) is 39.3 Å². The Labute approximate surface area is 356 Å². The fourth-order valence-corrected chi connectivity index (χ4v) is 7.63. The van der Waals surface area contributed by atoms with Gasteiger partial charge in [0.2, 0.25) is 0 Å². The van der Waals surface area contributed by atoms with Crippen molar-refractivity contribution in [2.24, 2.45) is 0 Å². The zero-order chi connectivity index (χ0) is 43.3. The maximum atomic E-state index is 11.6. The topological polar surface area (TPSA) is 177 Å². The van der Waals surface area contributed by atoms with E-state index in [0.717, 1.165) is 67.6 Å². The first-order chi connectivity index (χ1) is 29.4. The summed E-state index contributed by atoms with van der Waals surface area (Å²) in [5.74, 6) is 0. The van der Waals surface area contributed by atoms with Crippen molar-refractivity contribution in [3.63, 3.8) is 0 Å². The summed E-state index contributed by atoms with van der Waals surface area (Å²) in [5, 5.41) is 0. The first kappa shape index (κ1) is 44.6. The molecule has 6 aliphatic heterocycles. The van der Waals surface area contributed by atoms with Gasteiger partial charge in [0.1, 0.15) is 38.1 Å². The van der Waals surface area contributed by atoms with Crippen LogP contribution in [0, 0.1) is 0 Å². The Morgan fingerprint density at radius 3 is 1.18 bits per heavy atom. The summed E-state index contributed by atoms with van der Waals surface area (Å²) in [4.78, 5) is 78.8. The van der Waals surface area contributed by atoms with Crippen LogP contribution in [0.25, 0.3) is 0 Å². The summed E-state index contributed by atoms with van der Waals surface area (Å²) in [6.45, 7) is 14.8. The third kappa shape index (κ3) is 13.3. The highest BCUT2D eigenvalue weighted by atomic mass is 16.6. The van der Waals surface area contributed by atoms with Gasteiger partial charge in [0.25, 0.3) is 0 Å². The number of nitrogens with zero attached hydrogens (tertiary/aromatic N) is 6. The number of carbonyl (C=O) groups is 6. The van der Waals surface area contributed by atoms with E-state index in [2.05, 4.69) is 0 Å². The molecule has 3 atom stereocenters. The van der Waals surface area contributed by atoms with Gasteiger partial charge < -0.3 is 57.8 Å². The first-order valence-corrected chi connectivity index (χ1v) is 21.2. The van der Waals surface area contributed by atoms with E-state index >= 15 is 0 Å². The van der Waals surface area contributed by atoms with Crippen LogP contribution in [0.15, 0.2) is 48.5 Å². The summed E-state index contributed by atoms with van der Waals surface area (Å²) in [6, 6.07) is 15.8. The molecule has 3 unspecified atom stereocenters. The van der Waals surface area contributed by atoms with E-state index < -0.39 is 0 Å². The average molecular weight is 851 g/mol. The van der Waals surface area contributed by atoms with E-state index in [1.807, 2.05) is 69.3 Å². The molecular weight excluding hydrogens is 793 g/mol. The van der Waals surface area contributed by atoms with Gasteiger partial charge in [0, 0.05) is 39.3 Å². The second-order valence-corrected chi connectivity index (χ2v) is 16.0. The lowest BCUT2D eigenvalue weighted by Crippen LogP contribution is -2.26. The lowest BCUT2D eigenvalue weighted by Gasteiger charge is -2.15. The van der Waals surface area contributed by atoms with Gasteiger partial charge in [-0.1, -0.05) is 61.4 Å². The van der Waals surface area contributed by atoms with Crippen LogP contribution >= 0.6 is 0 Å². The number of amides is 6. The summed E-state index contributed by atoms with van der Waals surface area (Å²) in [7, 11) is 0. The molecule has 0 N–H and O–H groups in total. The van der Waals surface area contributed by atoms with Gasteiger partial charge in [-0.15, -0.1) is 0 Å². The fraction of sp³-hybridized carbons (Fsp3) is 0.581. The number of cyclic esters (lactones) is 6. The molecular formula is C43H58N6O12.